The number of hydrogen-bond acceptors (Lipinski definition) is 5. The molecule has 226 valence electrons. The van der Waals surface area contributed by atoms with Gasteiger partial charge in [-0.25, -0.2) is 9.48 Å². The minimum atomic E-state index is -0.391. The summed E-state index contributed by atoms with van der Waals surface area (Å²) in [6, 6.07) is 26.7. The molecule has 1 aliphatic rings. The number of hydrogen-bond donors (Lipinski definition) is 3. The van der Waals surface area contributed by atoms with E-state index < -0.39 is 6.03 Å². The number of rotatable bonds is 7. The van der Waals surface area contributed by atoms with E-state index in [1.165, 1.54) is 0 Å². The van der Waals surface area contributed by atoms with Gasteiger partial charge in [0.25, 0.3) is 0 Å². The van der Waals surface area contributed by atoms with E-state index in [0.29, 0.717) is 22.8 Å². The first-order chi connectivity index (χ1) is 21.2. The van der Waals surface area contributed by atoms with Crippen LogP contribution in [0.5, 0.6) is 0 Å². The average molecular weight is 590 g/mol. The van der Waals surface area contributed by atoms with Gasteiger partial charge in [-0.05, 0) is 80.7 Å². The number of urea groups is 1. The molecular weight excluding hydrogens is 550 g/mol. The summed E-state index contributed by atoms with van der Waals surface area (Å²) < 4.78 is 7.77. The number of anilines is 2. The number of piperidine rings is 1. The number of Topliss-reactive ketones (excluding diaryl/α,β-unsaturated/α-hetero) is 1. The molecule has 8 heteroatoms. The maximum Gasteiger partial charge on any atom is 0.324 e. The zero-order valence-corrected chi connectivity index (χ0v) is 25.7. The summed E-state index contributed by atoms with van der Waals surface area (Å²) in [5.74, 6) is 0.664. The lowest BCUT2D eigenvalue weighted by Crippen LogP contribution is -2.33. The molecule has 1 atom stereocenters. The highest BCUT2D eigenvalue weighted by atomic mass is 16.3. The average Bonchev–Trinajstić information content (AvgIpc) is 3.63. The standard InChI is InChI=1S/C36H39N5O3/c1-23-12-14-28(15-13-23)41-32(22-31(40-41)36(2,3)4)39-35(43)38-27-10-7-9-26(20-27)33(24-16-18-37-19-17-24)34(42)30-21-25-8-5-6-11-29(25)44-30/h5-15,20-22,24,33,37H,16-19H2,1-4H3,(H2,38,39,43). The predicted molar refractivity (Wildman–Crippen MR) is 175 cm³/mol. The van der Waals surface area contributed by atoms with E-state index in [1.807, 2.05) is 91.9 Å². The quantitative estimate of drug-likeness (QED) is 0.168. The number of carbonyl (C=O) groups excluding carboxylic acids is 2. The number of nitrogens with zero attached hydrogens (tertiary/aromatic N) is 2. The number of fused-ring (bicyclic) bond motifs is 1. The Hall–Kier alpha value is -4.69. The first kappa shape index (κ1) is 29.4. The smallest absolute Gasteiger partial charge is 0.324 e. The van der Waals surface area contributed by atoms with Crippen molar-refractivity contribution in [3.05, 3.63) is 108 Å². The first-order valence-corrected chi connectivity index (χ1v) is 15.2. The lowest BCUT2D eigenvalue weighted by molar-refractivity contribution is 0.0890. The highest BCUT2D eigenvalue weighted by Crippen LogP contribution is 2.36. The Morgan fingerprint density at radius 3 is 2.41 bits per heavy atom. The summed E-state index contributed by atoms with van der Waals surface area (Å²) in [7, 11) is 0. The van der Waals surface area contributed by atoms with Gasteiger partial charge < -0.3 is 15.1 Å². The topological polar surface area (TPSA) is 101 Å². The third kappa shape index (κ3) is 6.31. The van der Waals surface area contributed by atoms with E-state index >= 15 is 0 Å². The Labute approximate surface area is 257 Å². The van der Waals surface area contributed by atoms with Crippen LogP contribution in [0.2, 0.25) is 0 Å². The van der Waals surface area contributed by atoms with Crippen molar-refractivity contribution in [2.45, 2.75) is 51.9 Å². The van der Waals surface area contributed by atoms with Crippen LogP contribution in [0.3, 0.4) is 0 Å². The van der Waals surface area contributed by atoms with Gasteiger partial charge in [0, 0.05) is 22.6 Å². The van der Waals surface area contributed by atoms with E-state index in [9.17, 15) is 9.59 Å². The molecule has 2 amide bonds. The van der Waals surface area contributed by atoms with Gasteiger partial charge in [0.1, 0.15) is 11.4 Å². The maximum absolute atomic E-state index is 14.0. The van der Waals surface area contributed by atoms with Crippen molar-refractivity contribution in [1.82, 2.24) is 15.1 Å². The van der Waals surface area contributed by atoms with Gasteiger partial charge >= 0.3 is 6.03 Å². The lowest BCUT2D eigenvalue weighted by atomic mass is 9.77. The second-order valence-electron chi connectivity index (χ2n) is 12.7. The molecule has 1 fully saturated rings. The molecule has 0 bridgehead atoms. The highest BCUT2D eigenvalue weighted by molar-refractivity contribution is 6.03. The second kappa shape index (κ2) is 12.1. The molecule has 6 rings (SSSR count). The highest BCUT2D eigenvalue weighted by Gasteiger charge is 2.33. The van der Waals surface area contributed by atoms with Crippen LogP contribution < -0.4 is 16.0 Å². The van der Waals surface area contributed by atoms with Crippen LogP contribution in [0, 0.1) is 12.8 Å². The van der Waals surface area contributed by atoms with Crippen molar-refractivity contribution in [2.75, 3.05) is 23.7 Å². The molecular formula is C36H39N5O3. The fourth-order valence-electron chi connectivity index (χ4n) is 5.88. The van der Waals surface area contributed by atoms with Gasteiger partial charge in [-0.1, -0.05) is 68.8 Å². The molecule has 1 unspecified atom stereocenters. The Morgan fingerprint density at radius 2 is 1.68 bits per heavy atom. The normalized spacial score (nSPS) is 14.8. The van der Waals surface area contributed by atoms with Crippen LogP contribution in [-0.4, -0.2) is 34.7 Å². The third-order valence-corrected chi connectivity index (χ3v) is 8.31. The number of para-hydroxylation sites is 1. The van der Waals surface area contributed by atoms with Crippen molar-refractivity contribution < 1.29 is 14.0 Å². The molecule has 0 aliphatic carbocycles. The SMILES string of the molecule is Cc1ccc(-n2nc(C(C)(C)C)cc2NC(=O)Nc2cccc(C(C(=O)c3cc4ccccc4o3)C3CCNCC3)c2)cc1. The number of benzene rings is 3. The molecule has 1 saturated heterocycles. The number of aromatic nitrogens is 2. The number of nitrogens with one attached hydrogen (secondary N) is 3. The largest absolute Gasteiger partial charge is 0.453 e. The van der Waals surface area contributed by atoms with Gasteiger partial charge in [-0.2, -0.15) is 5.10 Å². The Bertz CT molecular complexity index is 1760. The zero-order valence-electron chi connectivity index (χ0n) is 25.7. The third-order valence-electron chi connectivity index (χ3n) is 8.31. The Morgan fingerprint density at radius 1 is 0.932 bits per heavy atom. The number of ketones is 1. The summed E-state index contributed by atoms with van der Waals surface area (Å²) in [6.45, 7) is 10.0. The molecule has 44 heavy (non-hydrogen) atoms. The summed E-state index contributed by atoms with van der Waals surface area (Å²) in [5, 5.41) is 15.1. The molecule has 1 aliphatic heterocycles. The molecule has 0 saturated carbocycles. The molecule has 3 heterocycles. The Kier molecular flexibility index (Phi) is 8.10. The Balaban J connectivity index is 1.26. The lowest BCUT2D eigenvalue weighted by Gasteiger charge is -2.30. The van der Waals surface area contributed by atoms with Crippen molar-refractivity contribution in [1.29, 1.82) is 0 Å². The molecule has 3 aromatic carbocycles. The second-order valence-corrected chi connectivity index (χ2v) is 12.7. The minimum absolute atomic E-state index is 0.0357. The molecule has 3 N–H and O–H groups in total. The van der Waals surface area contributed by atoms with E-state index in [1.54, 1.807) is 4.68 Å². The number of furan rings is 1. The maximum atomic E-state index is 14.0. The van der Waals surface area contributed by atoms with Crippen molar-refractivity contribution in [3.63, 3.8) is 0 Å². The van der Waals surface area contributed by atoms with Crippen molar-refractivity contribution >= 4 is 34.3 Å². The molecule has 0 spiro atoms. The molecule has 2 aromatic heterocycles. The van der Waals surface area contributed by atoms with Gasteiger partial charge in [-0.15, -0.1) is 0 Å². The van der Waals surface area contributed by atoms with Gasteiger partial charge in [0.05, 0.1) is 17.3 Å². The summed E-state index contributed by atoms with van der Waals surface area (Å²) in [5.41, 5.74) is 4.83. The van der Waals surface area contributed by atoms with Gasteiger partial charge in [0.15, 0.2) is 5.76 Å². The van der Waals surface area contributed by atoms with E-state index in [0.717, 1.165) is 53.8 Å². The molecule has 0 radical (unpaired) electrons. The predicted octanol–water partition coefficient (Wildman–Crippen LogP) is 7.83. The van der Waals surface area contributed by atoms with Crippen LogP contribution in [0.4, 0.5) is 16.3 Å². The van der Waals surface area contributed by atoms with Crippen LogP contribution in [0.1, 0.15) is 66.9 Å². The van der Waals surface area contributed by atoms with Crippen LogP contribution >= 0.6 is 0 Å². The van der Waals surface area contributed by atoms with Crippen LogP contribution in [0.15, 0.2) is 89.3 Å². The van der Waals surface area contributed by atoms with Crippen molar-refractivity contribution in [3.8, 4) is 5.69 Å². The molecule has 5 aromatic rings. The number of amides is 2. The zero-order chi connectivity index (χ0) is 30.8. The van der Waals surface area contributed by atoms with Crippen LogP contribution in [-0.2, 0) is 5.41 Å². The van der Waals surface area contributed by atoms with E-state index in [4.69, 9.17) is 9.52 Å². The summed E-state index contributed by atoms with van der Waals surface area (Å²) >= 11 is 0. The summed E-state index contributed by atoms with van der Waals surface area (Å²) in [6.07, 6.45) is 1.77. The minimum Gasteiger partial charge on any atom is -0.453 e. The molecule has 8 nitrogen and oxygen atoms in total. The number of carbonyl (C=O) groups is 2. The summed E-state index contributed by atoms with van der Waals surface area (Å²) in [4.78, 5) is 27.4. The fraction of sp³-hybridized carbons (Fsp3) is 0.306. The van der Waals surface area contributed by atoms with Crippen LogP contribution in [0.25, 0.3) is 16.7 Å². The monoisotopic (exact) mass is 589 g/mol. The van der Waals surface area contributed by atoms with E-state index in [2.05, 4.69) is 36.7 Å². The van der Waals surface area contributed by atoms with E-state index in [-0.39, 0.29) is 23.0 Å². The van der Waals surface area contributed by atoms with Gasteiger partial charge in [0.2, 0.25) is 5.78 Å². The first-order valence-electron chi connectivity index (χ1n) is 15.2. The fourth-order valence-corrected chi connectivity index (χ4v) is 5.88. The number of aryl methyl sites for hydroxylation is 1. The van der Waals surface area contributed by atoms with Gasteiger partial charge in [-0.3, -0.25) is 10.1 Å². The van der Waals surface area contributed by atoms with Crippen molar-refractivity contribution in [2.24, 2.45) is 5.92 Å².